The Morgan fingerprint density at radius 2 is 1.76 bits per heavy atom. The molecule has 0 saturated carbocycles. The first-order valence-electron chi connectivity index (χ1n) is 13.1. The van der Waals surface area contributed by atoms with Crippen molar-refractivity contribution in [2.24, 2.45) is 5.92 Å². The van der Waals surface area contributed by atoms with Gasteiger partial charge in [-0.15, -0.1) is 0 Å². The average molecular weight is 498 g/mol. The lowest BCUT2D eigenvalue weighted by molar-refractivity contribution is 0.0552. The van der Waals surface area contributed by atoms with E-state index in [1.807, 2.05) is 38.2 Å². The van der Waals surface area contributed by atoms with Crippen molar-refractivity contribution < 1.29 is 13.7 Å². The summed E-state index contributed by atoms with van der Waals surface area (Å²) in [6, 6.07) is 16.5. The lowest BCUT2D eigenvalue weighted by Gasteiger charge is -2.33. The molecule has 6 heteroatoms. The molecular formula is C31H32FN3O2. The van der Waals surface area contributed by atoms with Gasteiger partial charge < -0.3 is 13.8 Å². The number of hydrogen-bond donors (Lipinski definition) is 0. The van der Waals surface area contributed by atoms with Gasteiger partial charge in [-0.2, -0.15) is 0 Å². The van der Waals surface area contributed by atoms with Crippen molar-refractivity contribution in [3.05, 3.63) is 83.1 Å². The number of aryl methyl sites for hydroxylation is 2. The molecule has 4 heterocycles. The van der Waals surface area contributed by atoms with E-state index in [1.165, 1.54) is 5.56 Å². The van der Waals surface area contributed by atoms with Crippen molar-refractivity contribution in [2.75, 3.05) is 13.2 Å². The van der Waals surface area contributed by atoms with Crippen LogP contribution in [0.4, 0.5) is 4.39 Å². The van der Waals surface area contributed by atoms with Gasteiger partial charge in [-0.3, -0.25) is 4.98 Å². The van der Waals surface area contributed by atoms with Gasteiger partial charge in [-0.25, -0.2) is 4.39 Å². The van der Waals surface area contributed by atoms with Crippen molar-refractivity contribution in [3.63, 3.8) is 0 Å². The van der Waals surface area contributed by atoms with Gasteiger partial charge >= 0.3 is 0 Å². The zero-order valence-corrected chi connectivity index (χ0v) is 21.8. The maximum Gasteiger partial charge on any atom is 0.155 e. The smallest absolute Gasteiger partial charge is 0.155 e. The van der Waals surface area contributed by atoms with E-state index < -0.39 is 0 Å². The first kappa shape index (κ1) is 23.9. The van der Waals surface area contributed by atoms with E-state index in [0.29, 0.717) is 47.6 Å². The Kier molecular flexibility index (Phi) is 6.07. The summed E-state index contributed by atoms with van der Waals surface area (Å²) < 4.78 is 30.2. The molecule has 1 atom stereocenters. The van der Waals surface area contributed by atoms with Gasteiger partial charge in [-0.1, -0.05) is 55.4 Å². The van der Waals surface area contributed by atoms with E-state index >= 15 is 4.39 Å². The summed E-state index contributed by atoms with van der Waals surface area (Å²) in [6.45, 7) is 9.45. The number of nitrogens with zero attached hydrogens (tertiary/aromatic N) is 3. The van der Waals surface area contributed by atoms with Crippen LogP contribution in [0.15, 0.2) is 59.3 Å². The molecule has 2 aromatic carbocycles. The van der Waals surface area contributed by atoms with E-state index in [-0.39, 0.29) is 11.9 Å². The molecule has 190 valence electrons. The third kappa shape index (κ3) is 3.95. The molecular weight excluding hydrogens is 465 g/mol. The Morgan fingerprint density at radius 1 is 1.00 bits per heavy atom. The lowest BCUT2D eigenvalue weighted by Crippen LogP contribution is -2.27. The molecule has 1 unspecified atom stereocenters. The Morgan fingerprint density at radius 3 is 2.43 bits per heavy atom. The molecule has 1 saturated heterocycles. The van der Waals surface area contributed by atoms with Crippen LogP contribution in [-0.2, 0) is 4.74 Å². The molecule has 5 aromatic rings. The molecule has 6 rings (SSSR count). The Bertz CT molecular complexity index is 1560. The van der Waals surface area contributed by atoms with E-state index in [2.05, 4.69) is 53.9 Å². The van der Waals surface area contributed by atoms with Crippen molar-refractivity contribution in [2.45, 2.75) is 52.5 Å². The predicted molar refractivity (Wildman–Crippen MR) is 144 cm³/mol. The minimum atomic E-state index is -0.260. The number of aromatic nitrogens is 3. The Balaban J connectivity index is 1.73. The quantitative estimate of drug-likeness (QED) is 0.249. The highest BCUT2D eigenvalue weighted by Gasteiger charge is 2.32. The zero-order chi connectivity index (χ0) is 25.7. The summed E-state index contributed by atoms with van der Waals surface area (Å²) >= 11 is 0. The van der Waals surface area contributed by atoms with Crippen molar-refractivity contribution >= 4 is 21.9 Å². The van der Waals surface area contributed by atoms with Gasteiger partial charge in [0.25, 0.3) is 0 Å². The molecule has 0 bridgehead atoms. The Labute approximate surface area is 216 Å². The van der Waals surface area contributed by atoms with Crippen molar-refractivity contribution in [1.29, 1.82) is 0 Å². The van der Waals surface area contributed by atoms with Gasteiger partial charge in [0.1, 0.15) is 5.76 Å². The summed E-state index contributed by atoms with van der Waals surface area (Å²) in [5, 5.41) is 4.92. The van der Waals surface area contributed by atoms with E-state index in [4.69, 9.17) is 14.2 Å². The molecule has 0 N–H and O–H groups in total. The van der Waals surface area contributed by atoms with Gasteiger partial charge in [0, 0.05) is 30.4 Å². The molecule has 5 nitrogen and oxygen atoms in total. The summed E-state index contributed by atoms with van der Waals surface area (Å²) in [6.07, 6.45) is 3.77. The van der Waals surface area contributed by atoms with Gasteiger partial charge in [0.2, 0.25) is 0 Å². The van der Waals surface area contributed by atoms with Gasteiger partial charge in [0.15, 0.2) is 5.82 Å². The van der Waals surface area contributed by atoms with E-state index in [0.717, 1.165) is 40.4 Å². The molecule has 1 aliphatic heterocycles. The standard InChI is InChI=1S/C31H32FN3O2/c1-18(2)23-16-26-29(33-17-23)25-11-10-24(27-19(3)34-37-20(27)4)28(32)31(25)35(26)30(21-8-6-5-7-9-21)22-12-14-36-15-13-22/h5-11,16-18,22,30H,12-15H2,1-4H3. The monoisotopic (exact) mass is 497 g/mol. The summed E-state index contributed by atoms with van der Waals surface area (Å²) in [4.78, 5) is 4.90. The summed E-state index contributed by atoms with van der Waals surface area (Å²) in [7, 11) is 0. The minimum absolute atomic E-state index is 0.0521. The lowest BCUT2D eigenvalue weighted by atomic mass is 9.86. The van der Waals surface area contributed by atoms with Gasteiger partial charge in [-0.05, 0) is 61.8 Å². The number of ether oxygens (including phenoxy) is 1. The van der Waals surface area contributed by atoms with Crippen LogP contribution in [0.2, 0.25) is 0 Å². The SMILES string of the molecule is Cc1noc(C)c1-c1ccc2c3ncc(C(C)C)cc3n(C(c3ccccc3)C3CCOCC3)c2c1F. The van der Waals surface area contributed by atoms with Crippen LogP contribution in [0.3, 0.4) is 0 Å². The Hall–Kier alpha value is -3.51. The average Bonchev–Trinajstić information content (AvgIpc) is 3.42. The fourth-order valence-electron chi connectivity index (χ4n) is 5.95. The number of rotatable bonds is 5. The molecule has 0 aliphatic carbocycles. The van der Waals surface area contributed by atoms with Crippen molar-refractivity contribution in [1.82, 2.24) is 14.7 Å². The van der Waals surface area contributed by atoms with E-state index in [9.17, 15) is 0 Å². The molecule has 0 spiro atoms. The van der Waals surface area contributed by atoms with E-state index in [1.54, 1.807) is 0 Å². The largest absolute Gasteiger partial charge is 0.381 e. The maximum atomic E-state index is 16.9. The van der Waals surface area contributed by atoms with Crippen LogP contribution >= 0.6 is 0 Å². The number of benzene rings is 2. The van der Waals surface area contributed by atoms with Crippen LogP contribution in [0.25, 0.3) is 33.1 Å². The number of pyridine rings is 1. The number of fused-ring (bicyclic) bond motifs is 3. The third-order valence-corrected chi connectivity index (χ3v) is 7.86. The molecule has 1 fully saturated rings. The molecule has 3 aromatic heterocycles. The first-order chi connectivity index (χ1) is 18.0. The zero-order valence-electron chi connectivity index (χ0n) is 21.8. The fraction of sp³-hybridized carbons (Fsp3) is 0.355. The second kappa shape index (κ2) is 9.42. The van der Waals surface area contributed by atoms with Crippen molar-refractivity contribution in [3.8, 4) is 11.1 Å². The van der Waals surface area contributed by atoms with Crippen LogP contribution in [0, 0.1) is 25.6 Å². The highest BCUT2D eigenvalue weighted by Crippen LogP contribution is 2.43. The minimum Gasteiger partial charge on any atom is -0.381 e. The molecule has 0 radical (unpaired) electrons. The molecule has 0 amide bonds. The normalized spacial score (nSPS) is 15.7. The second-order valence-electron chi connectivity index (χ2n) is 10.5. The van der Waals surface area contributed by atoms with Crippen LogP contribution in [0.5, 0.6) is 0 Å². The molecule has 37 heavy (non-hydrogen) atoms. The first-order valence-corrected chi connectivity index (χ1v) is 13.1. The maximum absolute atomic E-state index is 16.9. The van der Waals surface area contributed by atoms with Gasteiger partial charge in [0.05, 0.1) is 33.8 Å². The highest BCUT2D eigenvalue weighted by atomic mass is 19.1. The highest BCUT2D eigenvalue weighted by molar-refractivity contribution is 6.07. The number of halogens is 1. The summed E-state index contributed by atoms with van der Waals surface area (Å²) in [5.74, 6) is 0.968. The predicted octanol–water partition coefficient (Wildman–Crippen LogP) is 7.74. The topological polar surface area (TPSA) is 53.1 Å². The van der Waals surface area contributed by atoms with Crippen LogP contribution < -0.4 is 0 Å². The van der Waals surface area contributed by atoms with Crippen LogP contribution in [-0.4, -0.2) is 27.9 Å². The van der Waals surface area contributed by atoms with Crippen LogP contribution in [0.1, 0.15) is 61.2 Å². The second-order valence-corrected chi connectivity index (χ2v) is 10.5. The molecule has 1 aliphatic rings. The third-order valence-electron chi connectivity index (χ3n) is 7.86. The fourth-order valence-corrected chi connectivity index (χ4v) is 5.95. The summed E-state index contributed by atoms with van der Waals surface area (Å²) in [5.41, 5.74) is 6.61. The number of hydrogen-bond acceptors (Lipinski definition) is 4.